The lowest BCUT2D eigenvalue weighted by molar-refractivity contribution is -0.131. The summed E-state index contributed by atoms with van der Waals surface area (Å²) in [4.78, 5) is 12.0. The Balaban J connectivity index is 1.87. The summed E-state index contributed by atoms with van der Waals surface area (Å²) < 4.78 is 15.5. The van der Waals surface area contributed by atoms with E-state index in [-0.39, 0.29) is 25.5 Å². The average Bonchev–Trinajstić information content (AvgIpc) is 2.56. The number of aliphatic hydroxyl groups excluding tert-OH is 2. The third kappa shape index (κ3) is 4.57. The van der Waals surface area contributed by atoms with Gasteiger partial charge in [0.1, 0.15) is 12.2 Å². The lowest BCUT2D eigenvalue weighted by Crippen LogP contribution is -2.55. The molecule has 1 aliphatic rings. The van der Waals surface area contributed by atoms with E-state index in [2.05, 4.69) is 5.32 Å². The third-order valence-electron chi connectivity index (χ3n) is 3.83. The second-order valence-electron chi connectivity index (χ2n) is 5.46. The first-order valence-corrected chi connectivity index (χ1v) is 7.49. The Hall–Kier alpha value is -1.83. The van der Waals surface area contributed by atoms with E-state index in [4.69, 9.17) is 14.2 Å². The monoisotopic (exact) mass is 325 g/mol. The Morgan fingerprint density at radius 2 is 2.00 bits per heavy atom. The van der Waals surface area contributed by atoms with Crippen LogP contribution in [0.3, 0.4) is 0 Å². The lowest BCUT2D eigenvalue weighted by Gasteiger charge is -2.32. The first-order chi connectivity index (χ1) is 11.0. The van der Waals surface area contributed by atoms with Crippen molar-refractivity contribution >= 4 is 5.91 Å². The Labute approximate surface area is 135 Å². The average molecular weight is 325 g/mol. The number of carbonyl (C=O) groups excluding carboxylic acids is 1. The van der Waals surface area contributed by atoms with Gasteiger partial charge >= 0.3 is 0 Å². The predicted octanol–water partition coefficient (Wildman–Crippen LogP) is -0.127. The van der Waals surface area contributed by atoms with E-state index in [0.29, 0.717) is 17.9 Å². The molecule has 0 saturated carbocycles. The fraction of sp³-hybridized carbons (Fsp3) is 0.562. The van der Waals surface area contributed by atoms with Crippen LogP contribution in [0.25, 0.3) is 0 Å². The van der Waals surface area contributed by atoms with Gasteiger partial charge in [0, 0.05) is 6.42 Å². The number of hydrogen-bond acceptors (Lipinski definition) is 6. The highest BCUT2D eigenvalue weighted by molar-refractivity contribution is 5.76. The number of rotatable bonds is 6. The van der Waals surface area contributed by atoms with Crippen molar-refractivity contribution in [2.75, 3.05) is 27.4 Å². The smallest absolute Gasteiger partial charge is 0.220 e. The summed E-state index contributed by atoms with van der Waals surface area (Å²) in [5.74, 6) is 1.04. The molecule has 2 rings (SSSR count). The molecule has 0 aromatic heterocycles. The highest BCUT2D eigenvalue weighted by atomic mass is 16.5. The molecule has 1 aromatic rings. The molecule has 1 saturated heterocycles. The minimum atomic E-state index is -1.01. The van der Waals surface area contributed by atoms with Crippen molar-refractivity contribution in [2.45, 2.75) is 31.1 Å². The second-order valence-corrected chi connectivity index (χ2v) is 5.46. The van der Waals surface area contributed by atoms with Crippen molar-refractivity contribution < 1.29 is 29.2 Å². The van der Waals surface area contributed by atoms with Crippen LogP contribution in [0.1, 0.15) is 12.0 Å². The zero-order chi connectivity index (χ0) is 16.8. The van der Waals surface area contributed by atoms with Crippen molar-refractivity contribution in [3.05, 3.63) is 23.8 Å². The van der Waals surface area contributed by atoms with E-state index in [1.165, 1.54) is 0 Å². The summed E-state index contributed by atoms with van der Waals surface area (Å²) in [6, 6.07) is 4.91. The molecule has 0 bridgehead atoms. The number of carbonyl (C=O) groups is 1. The molecule has 23 heavy (non-hydrogen) atoms. The van der Waals surface area contributed by atoms with Crippen LogP contribution in [0.5, 0.6) is 11.5 Å². The van der Waals surface area contributed by atoms with Crippen molar-refractivity contribution in [1.82, 2.24) is 5.32 Å². The molecule has 1 aromatic carbocycles. The molecular formula is C16H23NO6. The molecule has 128 valence electrons. The van der Waals surface area contributed by atoms with Crippen LogP contribution >= 0.6 is 0 Å². The fourth-order valence-corrected chi connectivity index (χ4v) is 2.48. The van der Waals surface area contributed by atoms with Crippen LogP contribution in [0.4, 0.5) is 0 Å². The largest absolute Gasteiger partial charge is 0.493 e. The number of hydrogen-bond donors (Lipinski definition) is 3. The summed E-state index contributed by atoms with van der Waals surface area (Å²) in [7, 11) is 3.13. The first kappa shape index (κ1) is 17.5. The molecule has 0 unspecified atom stereocenters. The summed E-state index contributed by atoms with van der Waals surface area (Å²) in [5.41, 5.74) is 0.943. The van der Waals surface area contributed by atoms with Gasteiger partial charge < -0.3 is 29.7 Å². The molecule has 0 aliphatic carbocycles. The maximum atomic E-state index is 12.0. The maximum Gasteiger partial charge on any atom is 0.220 e. The Bertz CT molecular complexity index is 535. The molecule has 3 atom stereocenters. The predicted molar refractivity (Wildman–Crippen MR) is 82.6 cm³/mol. The molecule has 1 amide bonds. The summed E-state index contributed by atoms with van der Waals surface area (Å²) in [6.45, 7) is 0.277. The van der Waals surface area contributed by atoms with Gasteiger partial charge in [-0.1, -0.05) is 6.07 Å². The topological polar surface area (TPSA) is 97.3 Å². The van der Waals surface area contributed by atoms with Crippen LogP contribution in [0, 0.1) is 0 Å². The SMILES string of the molecule is COc1ccc(CCC(=O)N[C@@H]2COC[C@@H](O)[C@H]2O)cc1OC. The molecule has 1 heterocycles. The van der Waals surface area contributed by atoms with Gasteiger partial charge in [0.15, 0.2) is 11.5 Å². The zero-order valence-electron chi connectivity index (χ0n) is 13.3. The van der Waals surface area contributed by atoms with Crippen molar-refractivity contribution in [2.24, 2.45) is 0 Å². The van der Waals surface area contributed by atoms with Crippen molar-refractivity contribution in [3.63, 3.8) is 0 Å². The Morgan fingerprint density at radius 1 is 1.26 bits per heavy atom. The highest BCUT2D eigenvalue weighted by Crippen LogP contribution is 2.27. The van der Waals surface area contributed by atoms with Gasteiger partial charge in [-0.25, -0.2) is 0 Å². The van der Waals surface area contributed by atoms with E-state index in [0.717, 1.165) is 5.56 Å². The number of amides is 1. The third-order valence-corrected chi connectivity index (χ3v) is 3.83. The molecule has 7 heteroatoms. The number of methoxy groups -OCH3 is 2. The normalized spacial score (nSPS) is 24.1. The van der Waals surface area contributed by atoms with Gasteiger partial charge in [0.2, 0.25) is 5.91 Å². The minimum Gasteiger partial charge on any atom is -0.493 e. The molecule has 1 aliphatic heterocycles. The summed E-state index contributed by atoms with van der Waals surface area (Å²) >= 11 is 0. The van der Waals surface area contributed by atoms with E-state index >= 15 is 0 Å². The van der Waals surface area contributed by atoms with Crippen LogP contribution in [-0.2, 0) is 16.0 Å². The van der Waals surface area contributed by atoms with Gasteiger partial charge in [0.25, 0.3) is 0 Å². The van der Waals surface area contributed by atoms with Gasteiger partial charge in [-0.2, -0.15) is 0 Å². The minimum absolute atomic E-state index is 0.0825. The highest BCUT2D eigenvalue weighted by Gasteiger charge is 2.32. The molecule has 0 radical (unpaired) electrons. The van der Waals surface area contributed by atoms with E-state index in [9.17, 15) is 15.0 Å². The number of aliphatic hydroxyl groups is 2. The van der Waals surface area contributed by atoms with Gasteiger partial charge in [-0.15, -0.1) is 0 Å². The van der Waals surface area contributed by atoms with Crippen molar-refractivity contribution in [3.8, 4) is 11.5 Å². The van der Waals surface area contributed by atoms with Gasteiger partial charge in [-0.3, -0.25) is 4.79 Å². The second kappa shape index (κ2) is 8.14. The van der Waals surface area contributed by atoms with Crippen molar-refractivity contribution in [1.29, 1.82) is 0 Å². The summed E-state index contributed by atoms with van der Waals surface area (Å²) in [6.07, 6.45) is -1.19. The van der Waals surface area contributed by atoms with Crippen LogP contribution < -0.4 is 14.8 Å². The summed E-state index contributed by atoms with van der Waals surface area (Å²) in [5, 5.41) is 22.0. The molecule has 3 N–H and O–H groups in total. The standard InChI is InChI=1S/C16H23NO6/c1-21-13-5-3-10(7-14(13)22-2)4-6-15(19)17-11-8-23-9-12(18)16(11)20/h3,5,7,11-12,16,18,20H,4,6,8-9H2,1-2H3,(H,17,19)/t11-,12-,16+/m1/s1. The van der Waals surface area contributed by atoms with Crippen LogP contribution in [0.2, 0.25) is 0 Å². The molecule has 7 nitrogen and oxygen atoms in total. The lowest BCUT2D eigenvalue weighted by atomic mass is 10.0. The van der Waals surface area contributed by atoms with E-state index in [1.807, 2.05) is 12.1 Å². The Kier molecular flexibility index (Phi) is 6.20. The number of benzene rings is 1. The fourth-order valence-electron chi connectivity index (χ4n) is 2.48. The number of ether oxygens (including phenoxy) is 3. The zero-order valence-corrected chi connectivity index (χ0v) is 13.3. The quantitative estimate of drug-likeness (QED) is 0.674. The number of aryl methyl sites for hydroxylation is 1. The molecule has 0 spiro atoms. The molecule has 1 fully saturated rings. The van der Waals surface area contributed by atoms with E-state index < -0.39 is 18.2 Å². The number of nitrogens with one attached hydrogen (secondary N) is 1. The first-order valence-electron chi connectivity index (χ1n) is 7.49. The molecular weight excluding hydrogens is 302 g/mol. The Morgan fingerprint density at radius 3 is 2.70 bits per heavy atom. The van der Waals surface area contributed by atoms with Crippen LogP contribution in [0.15, 0.2) is 18.2 Å². The van der Waals surface area contributed by atoms with Gasteiger partial charge in [-0.05, 0) is 24.1 Å². The van der Waals surface area contributed by atoms with Crippen LogP contribution in [-0.4, -0.2) is 61.8 Å². The maximum absolute atomic E-state index is 12.0. The van der Waals surface area contributed by atoms with E-state index in [1.54, 1.807) is 20.3 Å². The van der Waals surface area contributed by atoms with Gasteiger partial charge in [0.05, 0.1) is 33.5 Å².